The highest BCUT2D eigenvalue weighted by molar-refractivity contribution is 7.09. The number of hydrogen-bond donors (Lipinski definition) is 3. The lowest BCUT2D eigenvalue weighted by Crippen LogP contribution is -2.40. The van der Waals surface area contributed by atoms with Gasteiger partial charge in [-0.3, -0.25) is 4.79 Å². The summed E-state index contributed by atoms with van der Waals surface area (Å²) in [6.45, 7) is 0.995. The van der Waals surface area contributed by atoms with Crippen molar-refractivity contribution in [3.05, 3.63) is 16.6 Å². The van der Waals surface area contributed by atoms with Crippen molar-refractivity contribution in [2.75, 3.05) is 13.1 Å². The Kier molecular flexibility index (Phi) is 4.51. The van der Waals surface area contributed by atoms with Crippen LogP contribution in [0, 0.1) is 0 Å². The summed E-state index contributed by atoms with van der Waals surface area (Å²) in [6, 6.07) is -0.828. The fraction of sp³-hybridized carbons (Fsp3) is 0.500. The number of carboxylic acids is 1. The molecule has 5 nitrogen and oxygen atoms in total. The van der Waals surface area contributed by atoms with E-state index in [1.165, 1.54) is 0 Å². The maximum absolute atomic E-state index is 10.3. The summed E-state index contributed by atoms with van der Waals surface area (Å²) in [5.74, 6) is -0.980. The SMILES string of the molecule is NC(CNCCc1nccs1)C(=O)O. The van der Waals surface area contributed by atoms with Gasteiger partial charge in [0.05, 0.1) is 5.01 Å². The molecule has 0 radical (unpaired) electrons. The molecular formula is C8H13N3O2S. The highest BCUT2D eigenvalue weighted by Gasteiger charge is 2.09. The number of aromatic nitrogens is 1. The van der Waals surface area contributed by atoms with Crippen molar-refractivity contribution in [1.82, 2.24) is 10.3 Å². The van der Waals surface area contributed by atoms with Crippen LogP contribution in [0.15, 0.2) is 11.6 Å². The van der Waals surface area contributed by atoms with Gasteiger partial charge < -0.3 is 16.2 Å². The summed E-state index contributed by atoms with van der Waals surface area (Å²) in [4.78, 5) is 14.4. The molecule has 0 bridgehead atoms. The highest BCUT2D eigenvalue weighted by Crippen LogP contribution is 2.03. The van der Waals surface area contributed by atoms with Crippen LogP contribution in [0.2, 0.25) is 0 Å². The number of nitrogens with one attached hydrogen (secondary N) is 1. The molecule has 1 heterocycles. The van der Waals surface area contributed by atoms with E-state index in [1.54, 1.807) is 17.5 Å². The second kappa shape index (κ2) is 5.69. The number of thiazole rings is 1. The first-order valence-corrected chi connectivity index (χ1v) is 5.15. The van der Waals surface area contributed by atoms with Crippen LogP contribution in [0.3, 0.4) is 0 Å². The zero-order valence-electron chi connectivity index (χ0n) is 7.64. The Morgan fingerprint density at radius 1 is 1.79 bits per heavy atom. The maximum atomic E-state index is 10.3. The number of hydrogen-bond acceptors (Lipinski definition) is 5. The Bertz CT molecular complexity index is 276. The molecule has 0 aliphatic heterocycles. The summed E-state index contributed by atoms with van der Waals surface area (Å²) in [5, 5.41) is 14.4. The van der Waals surface area contributed by atoms with Crippen LogP contribution < -0.4 is 11.1 Å². The third-order valence-electron chi connectivity index (χ3n) is 1.68. The topological polar surface area (TPSA) is 88.2 Å². The molecular weight excluding hydrogens is 202 g/mol. The average molecular weight is 215 g/mol. The number of carbonyl (C=O) groups is 1. The predicted octanol–water partition coefficient (Wildman–Crippen LogP) is -0.313. The molecule has 1 aromatic rings. The van der Waals surface area contributed by atoms with Crippen LogP contribution in [0.4, 0.5) is 0 Å². The Hall–Kier alpha value is -0.980. The van der Waals surface area contributed by atoms with E-state index in [-0.39, 0.29) is 0 Å². The Labute approximate surface area is 86.0 Å². The molecule has 1 rings (SSSR count). The summed E-state index contributed by atoms with van der Waals surface area (Å²) in [6.07, 6.45) is 2.56. The van der Waals surface area contributed by atoms with Crippen LogP contribution in [0.1, 0.15) is 5.01 Å². The molecule has 14 heavy (non-hydrogen) atoms. The minimum Gasteiger partial charge on any atom is -0.480 e. The van der Waals surface area contributed by atoms with Gasteiger partial charge in [-0.15, -0.1) is 11.3 Å². The molecule has 0 spiro atoms. The van der Waals surface area contributed by atoms with Gasteiger partial charge in [-0.25, -0.2) is 4.98 Å². The zero-order chi connectivity index (χ0) is 10.4. The van der Waals surface area contributed by atoms with Crippen molar-refractivity contribution in [2.24, 2.45) is 5.73 Å². The van der Waals surface area contributed by atoms with Crippen molar-refractivity contribution in [1.29, 1.82) is 0 Å². The van der Waals surface area contributed by atoms with Gasteiger partial charge in [0.1, 0.15) is 6.04 Å². The second-order valence-electron chi connectivity index (χ2n) is 2.82. The van der Waals surface area contributed by atoms with Gasteiger partial charge in [0.15, 0.2) is 0 Å². The Morgan fingerprint density at radius 3 is 3.14 bits per heavy atom. The molecule has 4 N–H and O–H groups in total. The Balaban J connectivity index is 2.08. The van der Waals surface area contributed by atoms with Crippen molar-refractivity contribution in [3.8, 4) is 0 Å². The first kappa shape index (κ1) is 11.1. The molecule has 0 aliphatic carbocycles. The lowest BCUT2D eigenvalue weighted by Gasteiger charge is -2.06. The molecule has 0 aliphatic rings. The quantitative estimate of drug-likeness (QED) is 0.566. The number of nitrogens with zero attached hydrogens (tertiary/aromatic N) is 1. The van der Waals surface area contributed by atoms with Crippen molar-refractivity contribution in [2.45, 2.75) is 12.5 Å². The smallest absolute Gasteiger partial charge is 0.321 e. The number of nitrogens with two attached hydrogens (primary N) is 1. The van der Waals surface area contributed by atoms with E-state index in [0.717, 1.165) is 11.4 Å². The van der Waals surface area contributed by atoms with Gasteiger partial charge >= 0.3 is 5.97 Å². The van der Waals surface area contributed by atoms with Gasteiger partial charge in [0, 0.05) is 31.1 Å². The van der Waals surface area contributed by atoms with E-state index >= 15 is 0 Å². The van der Waals surface area contributed by atoms with Gasteiger partial charge in [0.2, 0.25) is 0 Å². The van der Waals surface area contributed by atoms with Gasteiger partial charge in [-0.1, -0.05) is 0 Å². The number of rotatable bonds is 6. The van der Waals surface area contributed by atoms with Crippen LogP contribution >= 0.6 is 11.3 Å². The monoisotopic (exact) mass is 215 g/mol. The first-order valence-electron chi connectivity index (χ1n) is 4.27. The normalized spacial score (nSPS) is 12.6. The summed E-state index contributed by atoms with van der Waals surface area (Å²) < 4.78 is 0. The minimum atomic E-state index is -0.980. The van der Waals surface area contributed by atoms with E-state index in [9.17, 15) is 4.79 Å². The Morgan fingerprint density at radius 2 is 2.57 bits per heavy atom. The standard InChI is InChI=1S/C8H13N3O2S/c9-6(8(12)13)5-10-2-1-7-11-3-4-14-7/h3-4,6,10H,1-2,5,9H2,(H,12,13). The molecule has 1 aromatic heterocycles. The third-order valence-corrected chi connectivity index (χ3v) is 2.52. The molecule has 1 unspecified atom stereocenters. The van der Waals surface area contributed by atoms with Crippen molar-refractivity contribution in [3.63, 3.8) is 0 Å². The first-order chi connectivity index (χ1) is 6.70. The lowest BCUT2D eigenvalue weighted by atomic mass is 10.3. The fourth-order valence-corrected chi connectivity index (χ4v) is 1.54. The zero-order valence-corrected chi connectivity index (χ0v) is 8.46. The van der Waals surface area contributed by atoms with Crippen LogP contribution in [0.5, 0.6) is 0 Å². The van der Waals surface area contributed by atoms with E-state index in [2.05, 4.69) is 10.3 Å². The van der Waals surface area contributed by atoms with Crippen LogP contribution in [-0.2, 0) is 11.2 Å². The van der Waals surface area contributed by atoms with Crippen LogP contribution in [0.25, 0.3) is 0 Å². The van der Waals surface area contributed by atoms with Crippen molar-refractivity contribution < 1.29 is 9.90 Å². The van der Waals surface area contributed by atoms with E-state index in [1.807, 2.05) is 5.38 Å². The summed E-state index contributed by atoms with van der Waals surface area (Å²) in [7, 11) is 0. The molecule has 0 aromatic carbocycles. The molecule has 0 fully saturated rings. The molecule has 6 heteroatoms. The summed E-state index contributed by atoms with van der Waals surface area (Å²) in [5.41, 5.74) is 5.30. The van der Waals surface area contributed by atoms with Gasteiger partial charge in [-0.05, 0) is 0 Å². The maximum Gasteiger partial charge on any atom is 0.321 e. The fourth-order valence-electron chi connectivity index (χ4n) is 0.917. The van der Waals surface area contributed by atoms with Gasteiger partial charge in [-0.2, -0.15) is 0 Å². The molecule has 0 saturated heterocycles. The second-order valence-corrected chi connectivity index (χ2v) is 3.80. The highest BCUT2D eigenvalue weighted by atomic mass is 32.1. The van der Waals surface area contributed by atoms with E-state index in [0.29, 0.717) is 13.1 Å². The molecule has 1 atom stereocenters. The number of aliphatic carboxylic acids is 1. The van der Waals surface area contributed by atoms with Crippen LogP contribution in [-0.4, -0.2) is 35.2 Å². The predicted molar refractivity (Wildman–Crippen MR) is 54.3 cm³/mol. The van der Waals surface area contributed by atoms with Gasteiger partial charge in [0.25, 0.3) is 0 Å². The van der Waals surface area contributed by atoms with Crippen molar-refractivity contribution >= 4 is 17.3 Å². The largest absolute Gasteiger partial charge is 0.480 e. The third kappa shape index (κ3) is 3.82. The minimum absolute atomic E-state index is 0.292. The number of carboxylic acid groups (broad SMARTS) is 1. The lowest BCUT2D eigenvalue weighted by molar-refractivity contribution is -0.138. The van der Waals surface area contributed by atoms with E-state index in [4.69, 9.17) is 10.8 Å². The average Bonchev–Trinajstić information content (AvgIpc) is 2.64. The van der Waals surface area contributed by atoms with E-state index < -0.39 is 12.0 Å². The summed E-state index contributed by atoms with van der Waals surface area (Å²) >= 11 is 1.59. The molecule has 0 amide bonds. The molecule has 0 saturated carbocycles. The molecule has 78 valence electrons.